The largest absolute Gasteiger partial charge is 0.492 e. The van der Waals surface area contributed by atoms with Crippen molar-refractivity contribution in [2.45, 2.75) is 6.54 Å². The first kappa shape index (κ1) is 21.8. The van der Waals surface area contributed by atoms with Gasteiger partial charge < -0.3 is 9.30 Å². The lowest BCUT2D eigenvalue weighted by Gasteiger charge is -2.13. The van der Waals surface area contributed by atoms with Crippen molar-refractivity contribution in [1.29, 1.82) is 0 Å². The van der Waals surface area contributed by atoms with E-state index >= 15 is 0 Å². The molecule has 5 rings (SSSR count). The third-order valence-electron chi connectivity index (χ3n) is 5.33. The molecular weight excluding hydrogens is 472 g/mol. The zero-order chi connectivity index (χ0) is 22.8. The van der Waals surface area contributed by atoms with Crippen molar-refractivity contribution >= 4 is 68.5 Å². The molecule has 0 bridgehead atoms. The van der Waals surface area contributed by atoms with Crippen molar-refractivity contribution < 1.29 is 9.53 Å². The van der Waals surface area contributed by atoms with Gasteiger partial charge >= 0.3 is 0 Å². The second-order valence-corrected chi connectivity index (χ2v) is 9.56. The van der Waals surface area contributed by atoms with E-state index in [9.17, 15) is 4.79 Å². The van der Waals surface area contributed by atoms with Gasteiger partial charge in [-0.25, -0.2) is 0 Å². The summed E-state index contributed by atoms with van der Waals surface area (Å²) in [6.45, 7) is 1.18. The van der Waals surface area contributed by atoms with Gasteiger partial charge in [0.1, 0.15) is 12.4 Å². The zero-order valence-electron chi connectivity index (χ0n) is 17.5. The molecule has 4 aromatic rings. The van der Waals surface area contributed by atoms with Crippen LogP contribution in [-0.2, 0) is 11.3 Å². The predicted molar refractivity (Wildman–Crippen MR) is 141 cm³/mol. The van der Waals surface area contributed by atoms with Crippen LogP contribution in [-0.4, -0.2) is 21.4 Å². The number of halogens is 1. The van der Waals surface area contributed by atoms with E-state index in [4.69, 9.17) is 28.6 Å². The number of thiocarbonyl (C=S) groups is 1. The summed E-state index contributed by atoms with van der Waals surface area (Å²) in [7, 11) is 0. The molecule has 0 atom stereocenters. The first-order valence-electron chi connectivity index (χ1n) is 10.4. The van der Waals surface area contributed by atoms with E-state index in [0.29, 0.717) is 27.4 Å². The van der Waals surface area contributed by atoms with E-state index in [0.717, 1.165) is 27.9 Å². The number of benzene rings is 3. The normalized spacial score (nSPS) is 15.1. The molecule has 0 radical (unpaired) electrons. The Kier molecular flexibility index (Phi) is 6.22. The summed E-state index contributed by atoms with van der Waals surface area (Å²) in [6.07, 6.45) is 3.99. The van der Waals surface area contributed by atoms with Crippen molar-refractivity contribution in [2.24, 2.45) is 0 Å². The number of para-hydroxylation sites is 2. The minimum atomic E-state index is -0.0981. The van der Waals surface area contributed by atoms with E-state index in [2.05, 4.69) is 22.9 Å². The molecule has 0 spiro atoms. The number of hydrogen-bond donors (Lipinski definition) is 0. The standard InChI is InChI=1S/C26H19ClN2O2S2/c27-19-10-12-21(13-11-19)31-15-14-28-17-18(22-8-4-5-9-23(22)28)16-24-25(30)29(26(32)33-24)20-6-2-1-3-7-20/h1-13,16-17H,14-15H2/b24-16-. The van der Waals surface area contributed by atoms with Crippen LogP contribution in [0.15, 0.2) is 90.0 Å². The fourth-order valence-electron chi connectivity index (χ4n) is 3.78. The fraction of sp³-hybridized carbons (Fsp3) is 0.0769. The third kappa shape index (κ3) is 4.55. The molecule has 2 heterocycles. The van der Waals surface area contributed by atoms with Gasteiger partial charge in [-0.1, -0.05) is 72.0 Å². The van der Waals surface area contributed by atoms with Crippen LogP contribution >= 0.6 is 35.6 Å². The molecular formula is C26H19ClN2O2S2. The quantitative estimate of drug-likeness (QED) is 0.220. The number of thioether (sulfide) groups is 1. The maximum absolute atomic E-state index is 13.1. The van der Waals surface area contributed by atoms with Gasteiger partial charge in [-0.15, -0.1) is 0 Å². The van der Waals surface area contributed by atoms with Crippen LogP contribution in [0.5, 0.6) is 5.75 Å². The predicted octanol–water partition coefficient (Wildman–Crippen LogP) is 6.78. The second kappa shape index (κ2) is 9.43. The van der Waals surface area contributed by atoms with Crippen molar-refractivity contribution in [2.75, 3.05) is 11.5 Å². The average molecular weight is 491 g/mol. The highest BCUT2D eigenvalue weighted by molar-refractivity contribution is 8.27. The SMILES string of the molecule is O=C1/C(=C/c2cn(CCOc3ccc(Cl)cc3)c3ccccc23)SC(=S)N1c1ccccc1. The van der Waals surface area contributed by atoms with Gasteiger partial charge in [-0.3, -0.25) is 9.69 Å². The van der Waals surface area contributed by atoms with E-state index in [1.54, 1.807) is 4.90 Å². The van der Waals surface area contributed by atoms with E-state index in [1.807, 2.05) is 72.8 Å². The molecule has 1 aromatic heterocycles. The lowest BCUT2D eigenvalue weighted by Crippen LogP contribution is -2.27. The molecule has 33 heavy (non-hydrogen) atoms. The summed E-state index contributed by atoms with van der Waals surface area (Å²) in [4.78, 5) is 15.3. The van der Waals surface area contributed by atoms with E-state index in [1.165, 1.54) is 11.8 Å². The lowest BCUT2D eigenvalue weighted by molar-refractivity contribution is -0.113. The molecule has 3 aromatic carbocycles. The van der Waals surface area contributed by atoms with Crippen LogP contribution in [0, 0.1) is 0 Å². The fourth-order valence-corrected chi connectivity index (χ4v) is 5.19. The maximum atomic E-state index is 13.1. The number of nitrogens with zero attached hydrogens (tertiary/aromatic N) is 2. The molecule has 164 valence electrons. The van der Waals surface area contributed by atoms with E-state index in [-0.39, 0.29) is 5.91 Å². The zero-order valence-corrected chi connectivity index (χ0v) is 19.9. The Morgan fingerprint density at radius 1 is 0.970 bits per heavy atom. The third-order valence-corrected chi connectivity index (χ3v) is 6.88. The minimum Gasteiger partial charge on any atom is -0.492 e. The number of hydrogen-bond acceptors (Lipinski definition) is 4. The van der Waals surface area contributed by atoms with Gasteiger partial charge in [0.05, 0.1) is 17.1 Å². The smallest absolute Gasteiger partial charge is 0.270 e. The molecule has 1 amide bonds. The van der Waals surface area contributed by atoms with Crippen LogP contribution in [0.3, 0.4) is 0 Å². The summed E-state index contributed by atoms with van der Waals surface area (Å²) < 4.78 is 8.56. The summed E-state index contributed by atoms with van der Waals surface area (Å²) in [5.74, 6) is 0.680. The molecule has 0 aliphatic carbocycles. The highest BCUT2D eigenvalue weighted by Crippen LogP contribution is 2.37. The van der Waals surface area contributed by atoms with Crippen molar-refractivity contribution in [1.82, 2.24) is 4.57 Å². The number of ether oxygens (including phenoxy) is 1. The number of fused-ring (bicyclic) bond motifs is 1. The highest BCUT2D eigenvalue weighted by atomic mass is 35.5. The monoisotopic (exact) mass is 490 g/mol. The topological polar surface area (TPSA) is 34.5 Å². The first-order chi connectivity index (χ1) is 16.1. The van der Waals surface area contributed by atoms with E-state index < -0.39 is 0 Å². The summed E-state index contributed by atoms with van der Waals surface area (Å²) >= 11 is 12.8. The van der Waals surface area contributed by atoms with Gasteiger partial charge in [0.25, 0.3) is 5.91 Å². The Morgan fingerprint density at radius 2 is 1.70 bits per heavy atom. The van der Waals surface area contributed by atoms with Crippen molar-refractivity contribution in [3.05, 3.63) is 101 Å². The summed E-state index contributed by atoms with van der Waals surface area (Å²) in [5, 5.41) is 1.76. The molecule has 4 nitrogen and oxygen atoms in total. The summed E-state index contributed by atoms with van der Waals surface area (Å²) in [6, 6.07) is 25.0. The highest BCUT2D eigenvalue weighted by Gasteiger charge is 2.33. The van der Waals surface area contributed by atoms with Gasteiger partial charge in [0, 0.05) is 27.7 Å². The average Bonchev–Trinajstić information content (AvgIpc) is 3.32. The number of aromatic nitrogens is 1. The summed E-state index contributed by atoms with van der Waals surface area (Å²) in [5.41, 5.74) is 2.85. The molecule has 1 aliphatic rings. The van der Waals surface area contributed by atoms with Gasteiger partial charge in [0.2, 0.25) is 0 Å². The Balaban J connectivity index is 1.40. The Bertz CT molecular complexity index is 1360. The number of anilines is 1. The van der Waals surface area contributed by atoms with Crippen LogP contribution in [0.25, 0.3) is 17.0 Å². The molecule has 0 N–H and O–H groups in total. The molecule has 0 unspecified atom stereocenters. The molecule has 0 saturated carbocycles. The Labute approximate surface area is 206 Å². The second-order valence-electron chi connectivity index (χ2n) is 7.45. The number of carbonyl (C=O) groups is 1. The van der Waals surface area contributed by atoms with Gasteiger partial charge in [-0.2, -0.15) is 0 Å². The van der Waals surface area contributed by atoms with Crippen LogP contribution < -0.4 is 9.64 Å². The Morgan fingerprint density at radius 3 is 2.48 bits per heavy atom. The number of carbonyl (C=O) groups excluding carboxylic acids is 1. The number of rotatable bonds is 6. The van der Waals surface area contributed by atoms with Crippen molar-refractivity contribution in [3.8, 4) is 5.75 Å². The van der Waals surface area contributed by atoms with Crippen LogP contribution in [0.1, 0.15) is 5.56 Å². The first-order valence-corrected chi connectivity index (χ1v) is 12.0. The van der Waals surface area contributed by atoms with Gasteiger partial charge in [-0.05, 0) is 48.5 Å². The molecule has 1 saturated heterocycles. The lowest BCUT2D eigenvalue weighted by atomic mass is 10.1. The van der Waals surface area contributed by atoms with Crippen molar-refractivity contribution in [3.63, 3.8) is 0 Å². The maximum Gasteiger partial charge on any atom is 0.270 e. The molecule has 1 aliphatic heterocycles. The van der Waals surface area contributed by atoms with Gasteiger partial charge in [0.15, 0.2) is 4.32 Å². The number of amides is 1. The molecule has 1 fully saturated rings. The Hall–Kier alpha value is -3.06. The minimum absolute atomic E-state index is 0.0981. The van der Waals surface area contributed by atoms with Crippen LogP contribution in [0.2, 0.25) is 5.02 Å². The molecule has 7 heteroatoms. The van der Waals surface area contributed by atoms with Crippen LogP contribution in [0.4, 0.5) is 5.69 Å².